The topological polar surface area (TPSA) is 21.3 Å². The fourth-order valence-corrected chi connectivity index (χ4v) is 3.25. The Morgan fingerprint density at radius 3 is 2.24 bits per heavy atom. The standard InChI is InChI=1S/C15H29NO/c1-2-5-14(6-3-1)8-11-17-12-9-15-7-4-10-16-13-15/h14-16H,1-13H2/t15-/m1/s1. The quantitative estimate of drug-likeness (QED) is 0.718. The summed E-state index contributed by atoms with van der Waals surface area (Å²) in [5.41, 5.74) is 0. The maximum atomic E-state index is 5.81. The van der Waals surface area contributed by atoms with Crippen molar-refractivity contribution in [1.29, 1.82) is 0 Å². The lowest BCUT2D eigenvalue weighted by Gasteiger charge is -2.23. The fraction of sp³-hybridized carbons (Fsp3) is 1.00. The maximum Gasteiger partial charge on any atom is 0.0469 e. The van der Waals surface area contributed by atoms with Crippen LogP contribution in [-0.4, -0.2) is 26.3 Å². The van der Waals surface area contributed by atoms with Gasteiger partial charge in [-0.25, -0.2) is 0 Å². The van der Waals surface area contributed by atoms with Gasteiger partial charge in [-0.3, -0.25) is 0 Å². The summed E-state index contributed by atoms with van der Waals surface area (Å²) in [5, 5.41) is 3.47. The van der Waals surface area contributed by atoms with Gasteiger partial charge in [-0.15, -0.1) is 0 Å². The summed E-state index contributed by atoms with van der Waals surface area (Å²) in [7, 11) is 0. The van der Waals surface area contributed by atoms with E-state index in [1.54, 1.807) is 0 Å². The summed E-state index contributed by atoms with van der Waals surface area (Å²) in [6.45, 7) is 4.43. The van der Waals surface area contributed by atoms with Gasteiger partial charge in [0.25, 0.3) is 0 Å². The predicted octanol–water partition coefficient (Wildman–Crippen LogP) is 3.36. The molecule has 2 heteroatoms. The minimum absolute atomic E-state index is 0.874. The largest absolute Gasteiger partial charge is 0.381 e. The van der Waals surface area contributed by atoms with E-state index >= 15 is 0 Å². The fourth-order valence-electron chi connectivity index (χ4n) is 3.25. The van der Waals surface area contributed by atoms with Gasteiger partial charge in [0.15, 0.2) is 0 Å². The molecule has 1 aliphatic carbocycles. The molecule has 1 N–H and O–H groups in total. The lowest BCUT2D eigenvalue weighted by atomic mass is 9.87. The van der Waals surface area contributed by atoms with Crippen molar-refractivity contribution >= 4 is 0 Å². The first-order chi connectivity index (χ1) is 8.45. The molecular formula is C15H29NO. The summed E-state index contributed by atoms with van der Waals surface area (Å²) < 4.78 is 5.81. The van der Waals surface area contributed by atoms with Crippen molar-refractivity contribution in [2.75, 3.05) is 26.3 Å². The van der Waals surface area contributed by atoms with Crippen LogP contribution in [0.2, 0.25) is 0 Å². The Morgan fingerprint density at radius 2 is 1.53 bits per heavy atom. The van der Waals surface area contributed by atoms with Crippen molar-refractivity contribution in [1.82, 2.24) is 5.32 Å². The van der Waals surface area contributed by atoms with Gasteiger partial charge in [0, 0.05) is 13.2 Å². The van der Waals surface area contributed by atoms with Gasteiger partial charge in [-0.05, 0) is 50.6 Å². The van der Waals surface area contributed by atoms with Gasteiger partial charge in [0.05, 0.1) is 0 Å². The zero-order valence-electron chi connectivity index (χ0n) is 11.3. The van der Waals surface area contributed by atoms with Crippen molar-refractivity contribution in [2.45, 2.75) is 57.8 Å². The average Bonchev–Trinajstić information content (AvgIpc) is 2.41. The SMILES string of the molecule is C1CCC(CCOCC[C@H]2CCCNC2)CC1. The molecule has 17 heavy (non-hydrogen) atoms. The Kier molecular flexibility index (Phi) is 6.36. The Labute approximate surface area is 107 Å². The summed E-state index contributed by atoms with van der Waals surface area (Å²) in [6.07, 6.45) is 12.6. The number of nitrogens with one attached hydrogen (secondary N) is 1. The lowest BCUT2D eigenvalue weighted by Crippen LogP contribution is -2.30. The third-order valence-electron chi connectivity index (χ3n) is 4.46. The molecule has 0 amide bonds. The molecule has 1 saturated heterocycles. The molecule has 2 nitrogen and oxygen atoms in total. The van der Waals surface area contributed by atoms with E-state index in [0.717, 1.165) is 25.0 Å². The van der Waals surface area contributed by atoms with Gasteiger partial charge < -0.3 is 10.1 Å². The van der Waals surface area contributed by atoms with Gasteiger partial charge in [0.1, 0.15) is 0 Å². The summed E-state index contributed by atoms with van der Waals surface area (Å²) in [4.78, 5) is 0. The molecular weight excluding hydrogens is 210 g/mol. The third kappa shape index (κ3) is 5.39. The van der Waals surface area contributed by atoms with Gasteiger partial charge in [0.2, 0.25) is 0 Å². The van der Waals surface area contributed by atoms with Crippen LogP contribution < -0.4 is 5.32 Å². The average molecular weight is 239 g/mol. The van der Waals surface area contributed by atoms with Crippen LogP contribution in [0.25, 0.3) is 0 Å². The molecule has 0 unspecified atom stereocenters. The Hall–Kier alpha value is -0.0800. The highest BCUT2D eigenvalue weighted by Gasteiger charge is 2.14. The van der Waals surface area contributed by atoms with Crippen LogP contribution >= 0.6 is 0 Å². The first-order valence-corrected chi connectivity index (χ1v) is 7.73. The molecule has 100 valence electrons. The van der Waals surface area contributed by atoms with Crippen LogP contribution in [0.1, 0.15) is 57.8 Å². The van der Waals surface area contributed by atoms with Crippen LogP contribution in [0, 0.1) is 11.8 Å². The van der Waals surface area contributed by atoms with Crippen LogP contribution in [-0.2, 0) is 4.74 Å². The third-order valence-corrected chi connectivity index (χ3v) is 4.46. The van der Waals surface area contributed by atoms with Gasteiger partial charge in [-0.1, -0.05) is 32.1 Å². The Balaban J connectivity index is 1.42. The van der Waals surface area contributed by atoms with E-state index in [4.69, 9.17) is 4.74 Å². The van der Waals surface area contributed by atoms with Crippen LogP contribution in [0.15, 0.2) is 0 Å². The summed E-state index contributed by atoms with van der Waals surface area (Å²) >= 11 is 0. The van der Waals surface area contributed by atoms with Crippen molar-refractivity contribution < 1.29 is 4.74 Å². The van der Waals surface area contributed by atoms with E-state index in [2.05, 4.69) is 5.32 Å². The van der Waals surface area contributed by atoms with Crippen molar-refractivity contribution in [2.24, 2.45) is 11.8 Å². The second kappa shape index (κ2) is 8.10. The van der Waals surface area contributed by atoms with Crippen LogP contribution in [0.4, 0.5) is 0 Å². The second-order valence-corrected chi connectivity index (χ2v) is 5.91. The second-order valence-electron chi connectivity index (χ2n) is 5.91. The molecule has 0 aromatic rings. The number of hydrogen-bond acceptors (Lipinski definition) is 2. The van der Waals surface area contributed by atoms with Gasteiger partial charge >= 0.3 is 0 Å². The van der Waals surface area contributed by atoms with Gasteiger partial charge in [-0.2, -0.15) is 0 Å². The lowest BCUT2D eigenvalue weighted by molar-refractivity contribution is 0.0989. The van der Waals surface area contributed by atoms with Crippen molar-refractivity contribution in [3.05, 3.63) is 0 Å². The highest BCUT2D eigenvalue weighted by atomic mass is 16.5. The molecule has 0 spiro atoms. The molecule has 1 atom stereocenters. The zero-order valence-corrected chi connectivity index (χ0v) is 11.3. The summed E-state index contributed by atoms with van der Waals surface area (Å²) in [6, 6.07) is 0. The molecule has 2 fully saturated rings. The van der Waals surface area contributed by atoms with Crippen molar-refractivity contribution in [3.8, 4) is 0 Å². The molecule has 1 aliphatic heterocycles. The number of piperidine rings is 1. The van der Waals surface area contributed by atoms with Crippen LogP contribution in [0.5, 0.6) is 0 Å². The smallest absolute Gasteiger partial charge is 0.0469 e. The first kappa shape index (κ1) is 13.4. The van der Waals surface area contributed by atoms with E-state index in [-0.39, 0.29) is 0 Å². The monoisotopic (exact) mass is 239 g/mol. The van der Waals surface area contributed by atoms with Crippen LogP contribution in [0.3, 0.4) is 0 Å². The Bertz CT molecular complexity index is 163. The maximum absolute atomic E-state index is 5.81. The zero-order chi connectivity index (χ0) is 11.8. The van der Waals surface area contributed by atoms with E-state index < -0.39 is 0 Å². The molecule has 0 bridgehead atoms. The van der Waals surface area contributed by atoms with E-state index in [0.29, 0.717) is 0 Å². The molecule has 2 rings (SSSR count). The molecule has 1 heterocycles. The molecule has 0 radical (unpaired) electrons. The number of ether oxygens (including phenoxy) is 1. The minimum atomic E-state index is 0.874. The number of hydrogen-bond donors (Lipinski definition) is 1. The van der Waals surface area contributed by atoms with E-state index in [1.807, 2.05) is 0 Å². The van der Waals surface area contributed by atoms with Crippen molar-refractivity contribution in [3.63, 3.8) is 0 Å². The highest BCUT2D eigenvalue weighted by molar-refractivity contribution is 4.69. The normalized spacial score (nSPS) is 27.2. The molecule has 0 aromatic heterocycles. The molecule has 2 aliphatic rings. The first-order valence-electron chi connectivity index (χ1n) is 7.73. The Morgan fingerprint density at radius 1 is 0.824 bits per heavy atom. The minimum Gasteiger partial charge on any atom is -0.381 e. The number of rotatable bonds is 6. The molecule has 0 aromatic carbocycles. The highest BCUT2D eigenvalue weighted by Crippen LogP contribution is 2.26. The molecule has 1 saturated carbocycles. The van der Waals surface area contributed by atoms with E-state index in [9.17, 15) is 0 Å². The predicted molar refractivity (Wildman–Crippen MR) is 72.2 cm³/mol. The summed E-state index contributed by atoms with van der Waals surface area (Å²) in [5.74, 6) is 1.85. The van der Waals surface area contributed by atoms with E-state index in [1.165, 1.54) is 70.9 Å².